The van der Waals surface area contributed by atoms with Gasteiger partial charge in [0, 0.05) is 32.6 Å². The van der Waals surface area contributed by atoms with E-state index in [4.69, 9.17) is 4.74 Å². The number of fused-ring (bicyclic) bond motifs is 1. The molecule has 2 atom stereocenters. The van der Waals surface area contributed by atoms with E-state index in [0.717, 1.165) is 11.3 Å². The number of benzene rings is 1. The highest BCUT2D eigenvalue weighted by molar-refractivity contribution is 7.91. The lowest BCUT2D eigenvalue weighted by molar-refractivity contribution is -0.134. The molecule has 1 amide bonds. The van der Waals surface area contributed by atoms with E-state index in [1.54, 1.807) is 12.0 Å². The van der Waals surface area contributed by atoms with E-state index in [0.29, 0.717) is 19.6 Å². The summed E-state index contributed by atoms with van der Waals surface area (Å²) in [6.07, 6.45) is 0. The van der Waals surface area contributed by atoms with E-state index in [1.165, 1.54) is 6.92 Å². The standard InChI is InChI=1S/C16H22N2O4S/c1-12(19)18-8-7-17(15-10-23(20,21)11-16(15)18)9-13-3-5-14(22-2)6-4-13/h3-6,15-16H,7-11H2,1-2H3. The molecule has 0 bridgehead atoms. The minimum Gasteiger partial charge on any atom is -0.497 e. The van der Waals surface area contributed by atoms with Crippen LogP contribution in [0.2, 0.25) is 0 Å². The van der Waals surface area contributed by atoms with Crippen LogP contribution in [0.25, 0.3) is 0 Å². The molecule has 2 aliphatic heterocycles. The lowest BCUT2D eigenvalue weighted by Crippen LogP contribution is -2.59. The first-order chi connectivity index (χ1) is 10.9. The maximum atomic E-state index is 12.1. The average Bonchev–Trinajstić information content (AvgIpc) is 2.83. The Balaban J connectivity index is 1.79. The number of carbonyl (C=O) groups is 1. The number of hydrogen-bond donors (Lipinski definition) is 0. The molecule has 0 radical (unpaired) electrons. The van der Waals surface area contributed by atoms with Crippen LogP contribution in [0.3, 0.4) is 0 Å². The minimum atomic E-state index is -3.09. The van der Waals surface area contributed by atoms with Gasteiger partial charge >= 0.3 is 0 Å². The number of ether oxygens (including phenoxy) is 1. The van der Waals surface area contributed by atoms with E-state index >= 15 is 0 Å². The second kappa shape index (κ2) is 6.13. The predicted molar refractivity (Wildman–Crippen MR) is 87.0 cm³/mol. The van der Waals surface area contributed by atoms with Crippen molar-refractivity contribution < 1.29 is 17.9 Å². The predicted octanol–water partition coefficient (Wildman–Crippen LogP) is 0.525. The highest BCUT2D eigenvalue weighted by Crippen LogP contribution is 2.28. The third-order valence-electron chi connectivity index (χ3n) is 4.74. The maximum Gasteiger partial charge on any atom is 0.219 e. The van der Waals surface area contributed by atoms with Crippen molar-refractivity contribution in [3.05, 3.63) is 29.8 Å². The van der Waals surface area contributed by atoms with Crippen LogP contribution in [0.15, 0.2) is 24.3 Å². The molecule has 126 valence electrons. The largest absolute Gasteiger partial charge is 0.497 e. The summed E-state index contributed by atoms with van der Waals surface area (Å²) in [5.41, 5.74) is 1.12. The van der Waals surface area contributed by atoms with Crippen LogP contribution in [0.4, 0.5) is 0 Å². The van der Waals surface area contributed by atoms with Gasteiger partial charge in [-0.1, -0.05) is 12.1 Å². The number of hydrogen-bond acceptors (Lipinski definition) is 5. The molecule has 6 nitrogen and oxygen atoms in total. The quantitative estimate of drug-likeness (QED) is 0.804. The monoisotopic (exact) mass is 338 g/mol. The van der Waals surface area contributed by atoms with E-state index in [2.05, 4.69) is 4.90 Å². The topological polar surface area (TPSA) is 66.9 Å². The summed E-state index contributed by atoms with van der Waals surface area (Å²) >= 11 is 0. The summed E-state index contributed by atoms with van der Waals surface area (Å²) in [5.74, 6) is 0.978. The summed E-state index contributed by atoms with van der Waals surface area (Å²) in [4.78, 5) is 15.7. The van der Waals surface area contributed by atoms with Crippen molar-refractivity contribution in [2.24, 2.45) is 0 Å². The number of methoxy groups -OCH3 is 1. The van der Waals surface area contributed by atoms with Crippen LogP contribution < -0.4 is 4.74 Å². The van der Waals surface area contributed by atoms with Crippen LogP contribution in [0.5, 0.6) is 5.75 Å². The molecular weight excluding hydrogens is 316 g/mol. The van der Waals surface area contributed by atoms with E-state index in [9.17, 15) is 13.2 Å². The van der Waals surface area contributed by atoms with Crippen LogP contribution in [0, 0.1) is 0 Å². The van der Waals surface area contributed by atoms with Crippen LogP contribution in [0.1, 0.15) is 12.5 Å². The zero-order valence-electron chi connectivity index (χ0n) is 13.4. The Bertz CT molecular complexity index is 687. The van der Waals surface area contributed by atoms with Gasteiger partial charge < -0.3 is 9.64 Å². The van der Waals surface area contributed by atoms with Gasteiger partial charge in [0.2, 0.25) is 5.91 Å². The molecule has 0 spiro atoms. The Morgan fingerprint density at radius 2 is 1.83 bits per heavy atom. The summed E-state index contributed by atoms with van der Waals surface area (Å²) < 4.78 is 29.3. The van der Waals surface area contributed by atoms with Crippen molar-refractivity contribution in [1.82, 2.24) is 9.80 Å². The zero-order chi connectivity index (χ0) is 16.6. The third-order valence-corrected chi connectivity index (χ3v) is 6.44. The fourth-order valence-electron chi connectivity index (χ4n) is 3.58. The molecule has 2 fully saturated rings. The van der Waals surface area contributed by atoms with Crippen molar-refractivity contribution in [1.29, 1.82) is 0 Å². The molecular formula is C16H22N2O4S. The van der Waals surface area contributed by atoms with Crippen LogP contribution >= 0.6 is 0 Å². The lowest BCUT2D eigenvalue weighted by Gasteiger charge is -2.43. The summed E-state index contributed by atoms with van der Waals surface area (Å²) in [6.45, 7) is 3.48. The van der Waals surface area contributed by atoms with E-state index in [-0.39, 0.29) is 29.5 Å². The van der Waals surface area contributed by atoms with E-state index in [1.807, 2.05) is 24.3 Å². The number of nitrogens with zero attached hydrogens (tertiary/aromatic N) is 2. The van der Waals surface area contributed by atoms with Gasteiger partial charge in [0.15, 0.2) is 9.84 Å². The highest BCUT2D eigenvalue weighted by Gasteiger charge is 2.47. The number of piperazine rings is 1. The number of rotatable bonds is 3. The molecule has 0 aromatic heterocycles. The van der Waals surface area contributed by atoms with Gasteiger partial charge in [-0.2, -0.15) is 0 Å². The maximum absolute atomic E-state index is 12.1. The first kappa shape index (κ1) is 16.3. The Morgan fingerprint density at radius 1 is 1.17 bits per heavy atom. The molecule has 0 aliphatic carbocycles. The third kappa shape index (κ3) is 3.35. The Kier molecular flexibility index (Phi) is 4.33. The number of carbonyl (C=O) groups excluding carboxylic acids is 1. The molecule has 7 heteroatoms. The van der Waals surface area contributed by atoms with Gasteiger partial charge in [-0.15, -0.1) is 0 Å². The molecule has 0 N–H and O–H groups in total. The normalized spacial score (nSPS) is 26.8. The van der Waals surface area contributed by atoms with Crippen LogP contribution in [-0.2, 0) is 21.2 Å². The van der Waals surface area contributed by atoms with Gasteiger partial charge in [0.25, 0.3) is 0 Å². The van der Waals surface area contributed by atoms with Gasteiger partial charge in [-0.05, 0) is 17.7 Å². The summed E-state index contributed by atoms with van der Waals surface area (Å²) in [6, 6.07) is 7.47. The summed E-state index contributed by atoms with van der Waals surface area (Å²) in [7, 11) is -1.46. The Labute approximate surface area is 136 Å². The van der Waals surface area contributed by atoms with E-state index < -0.39 is 9.84 Å². The van der Waals surface area contributed by atoms with Crippen molar-refractivity contribution in [3.8, 4) is 5.75 Å². The Morgan fingerprint density at radius 3 is 2.43 bits per heavy atom. The summed E-state index contributed by atoms with van der Waals surface area (Å²) in [5, 5.41) is 0. The average molecular weight is 338 g/mol. The van der Waals surface area contributed by atoms with Gasteiger partial charge in [-0.25, -0.2) is 8.42 Å². The molecule has 0 saturated carbocycles. The molecule has 23 heavy (non-hydrogen) atoms. The van der Waals surface area contributed by atoms with Gasteiger partial charge in [0.05, 0.1) is 24.7 Å². The van der Waals surface area contributed by atoms with Crippen molar-refractivity contribution in [2.75, 3.05) is 31.7 Å². The zero-order valence-corrected chi connectivity index (χ0v) is 14.3. The van der Waals surface area contributed by atoms with Crippen molar-refractivity contribution in [3.63, 3.8) is 0 Å². The molecule has 1 aromatic carbocycles. The second-order valence-electron chi connectivity index (χ2n) is 6.24. The SMILES string of the molecule is COc1ccc(CN2CCN(C(C)=O)C3CS(=O)(=O)CC32)cc1. The van der Waals surface area contributed by atoms with Crippen LogP contribution in [-0.4, -0.2) is 67.9 Å². The first-order valence-electron chi connectivity index (χ1n) is 7.74. The first-order valence-corrected chi connectivity index (χ1v) is 9.56. The molecule has 2 heterocycles. The molecule has 2 aliphatic rings. The fraction of sp³-hybridized carbons (Fsp3) is 0.562. The highest BCUT2D eigenvalue weighted by atomic mass is 32.2. The fourth-order valence-corrected chi connectivity index (χ4v) is 5.59. The van der Waals surface area contributed by atoms with Crippen molar-refractivity contribution in [2.45, 2.75) is 25.6 Å². The number of amides is 1. The molecule has 2 unspecified atom stereocenters. The number of sulfone groups is 1. The van der Waals surface area contributed by atoms with Gasteiger partial charge in [-0.3, -0.25) is 9.69 Å². The molecule has 3 rings (SSSR count). The molecule has 1 aromatic rings. The Hall–Kier alpha value is -1.60. The second-order valence-corrected chi connectivity index (χ2v) is 8.40. The minimum absolute atomic E-state index is 0.0406. The molecule has 2 saturated heterocycles. The smallest absolute Gasteiger partial charge is 0.219 e. The van der Waals surface area contributed by atoms with Gasteiger partial charge in [0.1, 0.15) is 5.75 Å². The van der Waals surface area contributed by atoms with Crippen molar-refractivity contribution >= 4 is 15.7 Å². The lowest BCUT2D eigenvalue weighted by atomic mass is 10.0.